The largest absolute Gasteiger partial charge is 0.463 e. The van der Waals surface area contributed by atoms with E-state index in [2.05, 4.69) is 39.9 Å². The van der Waals surface area contributed by atoms with Crippen LogP contribution in [0.25, 0.3) is 0 Å². The van der Waals surface area contributed by atoms with Crippen molar-refractivity contribution in [2.75, 3.05) is 30.5 Å². The standard InChI is InChI=1S/C22H27N3O4/c1-3-27-22(26)18(15-29-28-4-2)13-23-19-9-10-21(24-14-19)25-20-11-16-7-5-6-8-17(16)12-20/h5-10,13-14,20,23H,3-4,11-12,15H2,1-2H3,(H,24,25)/b18-13+. The molecule has 0 spiro atoms. The topological polar surface area (TPSA) is 81.7 Å². The molecule has 0 radical (unpaired) electrons. The summed E-state index contributed by atoms with van der Waals surface area (Å²) < 4.78 is 5.03. The van der Waals surface area contributed by atoms with E-state index in [0.29, 0.717) is 18.2 Å². The van der Waals surface area contributed by atoms with Gasteiger partial charge in [-0.05, 0) is 49.9 Å². The molecule has 29 heavy (non-hydrogen) atoms. The summed E-state index contributed by atoms with van der Waals surface area (Å²) in [7, 11) is 0. The molecule has 0 amide bonds. The van der Waals surface area contributed by atoms with Crippen LogP contribution in [0.2, 0.25) is 0 Å². The van der Waals surface area contributed by atoms with Gasteiger partial charge in [0.2, 0.25) is 0 Å². The minimum Gasteiger partial charge on any atom is -0.463 e. The molecule has 154 valence electrons. The first kappa shape index (κ1) is 20.8. The zero-order valence-corrected chi connectivity index (χ0v) is 16.8. The number of hydrogen-bond acceptors (Lipinski definition) is 7. The van der Waals surface area contributed by atoms with Crippen molar-refractivity contribution in [3.63, 3.8) is 0 Å². The van der Waals surface area contributed by atoms with Crippen molar-refractivity contribution in [3.8, 4) is 0 Å². The molecule has 0 fully saturated rings. The first-order valence-electron chi connectivity index (χ1n) is 9.86. The molecule has 3 rings (SSSR count). The highest BCUT2D eigenvalue weighted by Gasteiger charge is 2.20. The molecule has 1 aromatic carbocycles. The maximum absolute atomic E-state index is 12.0. The number of ether oxygens (including phenoxy) is 1. The lowest BCUT2D eigenvalue weighted by Gasteiger charge is -2.13. The zero-order valence-electron chi connectivity index (χ0n) is 16.8. The van der Waals surface area contributed by atoms with Gasteiger partial charge in [-0.15, -0.1) is 0 Å². The van der Waals surface area contributed by atoms with Crippen molar-refractivity contribution < 1.29 is 19.3 Å². The van der Waals surface area contributed by atoms with Crippen molar-refractivity contribution in [1.29, 1.82) is 0 Å². The van der Waals surface area contributed by atoms with Crippen molar-refractivity contribution in [2.45, 2.75) is 32.7 Å². The highest BCUT2D eigenvalue weighted by Crippen LogP contribution is 2.24. The molecular formula is C22H27N3O4. The predicted octanol–water partition coefficient (Wildman–Crippen LogP) is 3.49. The lowest BCUT2D eigenvalue weighted by Crippen LogP contribution is -2.20. The van der Waals surface area contributed by atoms with E-state index in [-0.39, 0.29) is 13.2 Å². The van der Waals surface area contributed by atoms with E-state index >= 15 is 0 Å². The molecule has 0 bridgehead atoms. The molecule has 2 N–H and O–H groups in total. The van der Waals surface area contributed by atoms with Gasteiger partial charge in [0.15, 0.2) is 0 Å². The number of carbonyl (C=O) groups is 1. The summed E-state index contributed by atoms with van der Waals surface area (Å²) in [5.41, 5.74) is 3.87. The first-order valence-corrected chi connectivity index (χ1v) is 9.86. The van der Waals surface area contributed by atoms with Crippen LogP contribution in [-0.2, 0) is 32.1 Å². The molecule has 1 aliphatic carbocycles. The van der Waals surface area contributed by atoms with Gasteiger partial charge in [-0.1, -0.05) is 24.3 Å². The monoisotopic (exact) mass is 397 g/mol. The van der Waals surface area contributed by atoms with Gasteiger partial charge < -0.3 is 15.4 Å². The van der Waals surface area contributed by atoms with Gasteiger partial charge in [-0.3, -0.25) is 0 Å². The summed E-state index contributed by atoms with van der Waals surface area (Å²) in [6.45, 7) is 4.24. The molecule has 0 saturated heterocycles. The number of esters is 1. The van der Waals surface area contributed by atoms with E-state index in [0.717, 1.165) is 24.3 Å². The van der Waals surface area contributed by atoms with Gasteiger partial charge >= 0.3 is 5.97 Å². The molecule has 1 aliphatic rings. The number of nitrogens with one attached hydrogen (secondary N) is 2. The number of anilines is 2. The fourth-order valence-corrected chi connectivity index (χ4v) is 3.18. The third kappa shape index (κ3) is 6.04. The van der Waals surface area contributed by atoms with Gasteiger partial charge in [0.05, 0.1) is 30.7 Å². The Morgan fingerprint density at radius 3 is 2.48 bits per heavy atom. The van der Waals surface area contributed by atoms with Crippen LogP contribution in [-0.4, -0.2) is 36.8 Å². The number of pyridine rings is 1. The fraction of sp³-hybridized carbons (Fsp3) is 0.364. The van der Waals surface area contributed by atoms with Gasteiger partial charge in [0.1, 0.15) is 12.4 Å². The fourth-order valence-electron chi connectivity index (χ4n) is 3.18. The molecule has 1 heterocycles. The predicted molar refractivity (Wildman–Crippen MR) is 111 cm³/mol. The van der Waals surface area contributed by atoms with Crippen LogP contribution < -0.4 is 10.6 Å². The number of nitrogens with zero attached hydrogens (tertiary/aromatic N) is 1. The molecule has 0 atom stereocenters. The van der Waals surface area contributed by atoms with Crippen LogP contribution in [0.3, 0.4) is 0 Å². The van der Waals surface area contributed by atoms with E-state index in [4.69, 9.17) is 14.5 Å². The number of carbonyl (C=O) groups excluding carboxylic acids is 1. The summed E-state index contributed by atoms with van der Waals surface area (Å²) in [5.74, 6) is 0.370. The van der Waals surface area contributed by atoms with Crippen LogP contribution in [0, 0.1) is 0 Å². The number of rotatable bonds is 10. The van der Waals surface area contributed by atoms with Crippen molar-refractivity contribution >= 4 is 17.5 Å². The van der Waals surface area contributed by atoms with Crippen molar-refractivity contribution in [2.24, 2.45) is 0 Å². The zero-order chi connectivity index (χ0) is 20.5. The van der Waals surface area contributed by atoms with Gasteiger partial charge in [0, 0.05) is 12.2 Å². The number of hydrogen-bond donors (Lipinski definition) is 2. The van der Waals surface area contributed by atoms with Crippen LogP contribution in [0.15, 0.2) is 54.4 Å². The van der Waals surface area contributed by atoms with E-state index in [9.17, 15) is 4.79 Å². The highest BCUT2D eigenvalue weighted by molar-refractivity contribution is 5.89. The molecule has 2 aromatic rings. The maximum Gasteiger partial charge on any atom is 0.337 e. The van der Waals surface area contributed by atoms with Crippen LogP contribution in [0.4, 0.5) is 11.5 Å². The second kappa shape index (κ2) is 10.6. The number of aromatic nitrogens is 1. The maximum atomic E-state index is 12.0. The molecular weight excluding hydrogens is 370 g/mol. The number of benzene rings is 1. The van der Waals surface area contributed by atoms with Crippen LogP contribution in [0.1, 0.15) is 25.0 Å². The minimum atomic E-state index is -0.452. The third-order valence-corrected chi connectivity index (χ3v) is 4.53. The molecule has 1 aromatic heterocycles. The molecule has 0 saturated carbocycles. The highest BCUT2D eigenvalue weighted by atomic mass is 17.2. The quantitative estimate of drug-likeness (QED) is 0.209. The Bertz CT molecular complexity index is 811. The van der Waals surface area contributed by atoms with E-state index in [1.807, 2.05) is 12.1 Å². The minimum absolute atomic E-state index is 0.00498. The van der Waals surface area contributed by atoms with Gasteiger partial charge in [-0.2, -0.15) is 0 Å². The van der Waals surface area contributed by atoms with E-state index in [1.165, 1.54) is 11.1 Å². The third-order valence-electron chi connectivity index (χ3n) is 4.53. The average Bonchev–Trinajstić information content (AvgIpc) is 3.14. The Kier molecular flexibility index (Phi) is 7.61. The van der Waals surface area contributed by atoms with Gasteiger partial charge in [-0.25, -0.2) is 19.6 Å². The Hall–Kier alpha value is -2.90. The Labute approximate surface area is 171 Å². The lowest BCUT2D eigenvalue weighted by atomic mass is 10.1. The smallest absolute Gasteiger partial charge is 0.337 e. The summed E-state index contributed by atoms with van der Waals surface area (Å²) >= 11 is 0. The van der Waals surface area contributed by atoms with Crippen molar-refractivity contribution in [1.82, 2.24) is 4.98 Å². The van der Waals surface area contributed by atoms with Crippen molar-refractivity contribution in [3.05, 3.63) is 65.5 Å². The molecule has 0 unspecified atom stereocenters. The Balaban J connectivity index is 1.56. The molecule has 0 aliphatic heterocycles. The van der Waals surface area contributed by atoms with E-state index in [1.54, 1.807) is 26.2 Å². The molecule has 7 nitrogen and oxygen atoms in total. The second-order valence-corrected chi connectivity index (χ2v) is 6.65. The van der Waals surface area contributed by atoms with Gasteiger partial charge in [0.25, 0.3) is 0 Å². The summed E-state index contributed by atoms with van der Waals surface area (Å²) in [6.07, 6.45) is 5.27. The lowest BCUT2D eigenvalue weighted by molar-refractivity contribution is -0.284. The summed E-state index contributed by atoms with van der Waals surface area (Å²) in [4.78, 5) is 26.3. The Morgan fingerprint density at radius 2 is 1.86 bits per heavy atom. The van der Waals surface area contributed by atoms with Crippen LogP contribution in [0.5, 0.6) is 0 Å². The average molecular weight is 397 g/mol. The number of fused-ring (bicyclic) bond motifs is 1. The normalized spacial score (nSPS) is 13.8. The first-order chi connectivity index (χ1) is 14.2. The van der Waals surface area contributed by atoms with Crippen LogP contribution >= 0.6 is 0 Å². The van der Waals surface area contributed by atoms with E-state index < -0.39 is 5.97 Å². The molecule has 7 heteroatoms. The summed E-state index contributed by atoms with van der Waals surface area (Å²) in [6, 6.07) is 12.7. The Morgan fingerprint density at radius 1 is 1.10 bits per heavy atom. The SMILES string of the molecule is CCOOC/C(=C\Nc1ccc(NC2Cc3ccccc3C2)nc1)C(=O)OCC. The second-order valence-electron chi connectivity index (χ2n) is 6.65. The summed E-state index contributed by atoms with van der Waals surface area (Å²) in [5, 5.41) is 6.54.